The van der Waals surface area contributed by atoms with E-state index in [2.05, 4.69) is 21.2 Å². The molecule has 1 aliphatic carbocycles. The van der Waals surface area contributed by atoms with E-state index in [1.807, 2.05) is 29.2 Å². The first-order valence-electron chi connectivity index (χ1n) is 7.99. The molecule has 24 heavy (non-hydrogen) atoms. The number of halogens is 1. The Labute approximate surface area is 149 Å². The maximum Gasteiger partial charge on any atom is 0.251 e. The minimum atomic E-state index is -0.167. The molecule has 1 saturated carbocycles. The van der Waals surface area contributed by atoms with E-state index in [4.69, 9.17) is 4.42 Å². The molecule has 0 unspecified atom stereocenters. The molecule has 1 aliphatic rings. The Bertz CT molecular complexity index is 694. The molecule has 1 N–H and O–H groups in total. The summed E-state index contributed by atoms with van der Waals surface area (Å²) in [7, 11) is 0. The molecule has 0 atom stereocenters. The largest absolute Gasteiger partial charge is 0.467 e. The highest BCUT2D eigenvalue weighted by Gasteiger charge is 2.32. The first-order valence-corrected chi connectivity index (χ1v) is 8.78. The summed E-state index contributed by atoms with van der Waals surface area (Å²) in [4.78, 5) is 26.3. The van der Waals surface area contributed by atoms with Gasteiger partial charge in [-0.1, -0.05) is 15.9 Å². The van der Waals surface area contributed by atoms with Gasteiger partial charge in [0.05, 0.1) is 12.8 Å². The molecule has 1 aromatic carbocycles. The monoisotopic (exact) mass is 390 g/mol. The van der Waals surface area contributed by atoms with E-state index in [-0.39, 0.29) is 11.8 Å². The van der Waals surface area contributed by atoms with Gasteiger partial charge in [-0.25, -0.2) is 0 Å². The number of amides is 2. The van der Waals surface area contributed by atoms with Crippen LogP contribution in [0.25, 0.3) is 0 Å². The average molecular weight is 391 g/mol. The molecule has 1 heterocycles. The normalized spacial score (nSPS) is 13.5. The molecule has 6 heteroatoms. The van der Waals surface area contributed by atoms with Crippen LogP contribution in [0.4, 0.5) is 0 Å². The zero-order chi connectivity index (χ0) is 16.9. The molecule has 1 aromatic heterocycles. The number of hydrogen-bond acceptors (Lipinski definition) is 3. The van der Waals surface area contributed by atoms with Crippen molar-refractivity contribution in [2.24, 2.45) is 0 Å². The van der Waals surface area contributed by atoms with Gasteiger partial charge in [0.15, 0.2) is 0 Å². The van der Waals surface area contributed by atoms with Gasteiger partial charge in [-0.2, -0.15) is 0 Å². The zero-order valence-corrected chi connectivity index (χ0v) is 14.8. The molecule has 0 spiro atoms. The maximum absolute atomic E-state index is 12.4. The lowest BCUT2D eigenvalue weighted by Crippen LogP contribution is -2.35. The van der Waals surface area contributed by atoms with Gasteiger partial charge in [-0.05, 0) is 49.2 Å². The Hall–Kier alpha value is -2.08. The van der Waals surface area contributed by atoms with Crippen molar-refractivity contribution in [3.63, 3.8) is 0 Å². The quantitative estimate of drug-likeness (QED) is 0.788. The fourth-order valence-electron chi connectivity index (χ4n) is 2.51. The molecule has 3 rings (SSSR count). The molecule has 0 bridgehead atoms. The second kappa shape index (κ2) is 7.66. The van der Waals surface area contributed by atoms with E-state index >= 15 is 0 Å². The number of carbonyl (C=O) groups is 2. The maximum atomic E-state index is 12.4. The standard InChI is InChI=1S/C18H19BrN2O3/c19-14-5-3-13(4-6-14)18(23)20-10-9-17(22)21(15-7-8-15)12-16-2-1-11-24-16/h1-6,11,15H,7-10,12H2,(H,20,23). The third-order valence-corrected chi connectivity index (χ3v) is 4.47. The van der Waals surface area contributed by atoms with Gasteiger partial charge in [-0.15, -0.1) is 0 Å². The third-order valence-electron chi connectivity index (χ3n) is 3.95. The topological polar surface area (TPSA) is 62.6 Å². The van der Waals surface area contributed by atoms with Crippen molar-refractivity contribution in [3.8, 4) is 0 Å². The van der Waals surface area contributed by atoms with Crippen LogP contribution in [0.1, 0.15) is 35.4 Å². The molecular weight excluding hydrogens is 372 g/mol. The fourth-order valence-corrected chi connectivity index (χ4v) is 2.77. The van der Waals surface area contributed by atoms with E-state index in [1.54, 1.807) is 18.4 Å². The van der Waals surface area contributed by atoms with Crippen molar-refractivity contribution in [1.82, 2.24) is 10.2 Å². The van der Waals surface area contributed by atoms with Gasteiger partial charge < -0.3 is 14.6 Å². The van der Waals surface area contributed by atoms with Crippen LogP contribution in [0.5, 0.6) is 0 Å². The van der Waals surface area contributed by atoms with Crippen molar-refractivity contribution in [2.45, 2.75) is 31.8 Å². The van der Waals surface area contributed by atoms with Crippen LogP contribution in [0.2, 0.25) is 0 Å². The molecule has 5 nitrogen and oxygen atoms in total. The Kier molecular flexibility index (Phi) is 5.35. The van der Waals surface area contributed by atoms with Crippen LogP contribution in [0, 0.1) is 0 Å². The molecule has 0 aliphatic heterocycles. The minimum Gasteiger partial charge on any atom is -0.467 e. The van der Waals surface area contributed by atoms with Crippen LogP contribution < -0.4 is 5.32 Å². The number of furan rings is 1. The van der Waals surface area contributed by atoms with E-state index < -0.39 is 0 Å². The Morgan fingerprint density at radius 3 is 2.58 bits per heavy atom. The van der Waals surface area contributed by atoms with E-state index in [1.165, 1.54) is 0 Å². The Morgan fingerprint density at radius 1 is 1.21 bits per heavy atom. The van der Waals surface area contributed by atoms with E-state index in [9.17, 15) is 9.59 Å². The molecule has 1 fully saturated rings. The molecule has 0 saturated heterocycles. The van der Waals surface area contributed by atoms with E-state index in [0.717, 1.165) is 23.1 Å². The summed E-state index contributed by atoms with van der Waals surface area (Å²) in [5.41, 5.74) is 0.584. The van der Waals surface area contributed by atoms with Crippen molar-refractivity contribution in [1.29, 1.82) is 0 Å². The summed E-state index contributed by atoms with van der Waals surface area (Å²) in [5.74, 6) is 0.665. The van der Waals surface area contributed by atoms with Gasteiger partial charge in [0.2, 0.25) is 5.91 Å². The molecule has 126 valence electrons. The SMILES string of the molecule is O=C(NCCC(=O)N(Cc1ccco1)C1CC1)c1ccc(Br)cc1. The lowest BCUT2D eigenvalue weighted by atomic mass is 10.2. The Morgan fingerprint density at radius 2 is 1.96 bits per heavy atom. The number of hydrogen-bond donors (Lipinski definition) is 1. The summed E-state index contributed by atoms with van der Waals surface area (Å²) in [6.07, 6.45) is 3.98. The van der Waals surface area contributed by atoms with Crippen molar-refractivity contribution >= 4 is 27.7 Å². The molecule has 0 radical (unpaired) electrons. The van der Waals surface area contributed by atoms with Crippen LogP contribution in [-0.2, 0) is 11.3 Å². The molecule has 2 aromatic rings. The first kappa shape index (κ1) is 16.8. The van der Waals surface area contributed by atoms with Crippen LogP contribution in [0.15, 0.2) is 51.6 Å². The van der Waals surface area contributed by atoms with Crippen LogP contribution >= 0.6 is 15.9 Å². The second-order valence-corrected chi connectivity index (χ2v) is 6.76. The van der Waals surface area contributed by atoms with Gasteiger partial charge in [0, 0.05) is 29.0 Å². The van der Waals surface area contributed by atoms with Gasteiger partial charge in [0.25, 0.3) is 5.91 Å². The lowest BCUT2D eigenvalue weighted by molar-refractivity contribution is -0.132. The third kappa shape index (κ3) is 4.47. The van der Waals surface area contributed by atoms with Gasteiger partial charge in [-0.3, -0.25) is 9.59 Å². The highest BCUT2D eigenvalue weighted by Crippen LogP contribution is 2.29. The molecule has 2 amide bonds. The number of carbonyl (C=O) groups excluding carboxylic acids is 2. The van der Waals surface area contributed by atoms with Crippen molar-refractivity contribution < 1.29 is 14.0 Å². The second-order valence-electron chi connectivity index (χ2n) is 5.84. The summed E-state index contributed by atoms with van der Waals surface area (Å²) in [6, 6.07) is 11.1. The highest BCUT2D eigenvalue weighted by atomic mass is 79.9. The number of rotatable bonds is 7. The minimum absolute atomic E-state index is 0.0463. The summed E-state index contributed by atoms with van der Waals surface area (Å²) >= 11 is 3.34. The van der Waals surface area contributed by atoms with Gasteiger partial charge >= 0.3 is 0 Å². The van der Waals surface area contributed by atoms with Crippen LogP contribution in [0.3, 0.4) is 0 Å². The predicted molar refractivity (Wildman–Crippen MR) is 93.4 cm³/mol. The average Bonchev–Trinajstić information content (AvgIpc) is 3.29. The fraction of sp³-hybridized carbons (Fsp3) is 0.333. The zero-order valence-electron chi connectivity index (χ0n) is 13.2. The van der Waals surface area contributed by atoms with Gasteiger partial charge in [0.1, 0.15) is 5.76 Å². The van der Waals surface area contributed by atoms with Crippen LogP contribution in [-0.4, -0.2) is 29.3 Å². The summed E-state index contributed by atoms with van der Waals surface area (Å²) in [5, 5.41) is 2.80. The highest BCUT2D eigenvalue weighted by molar-refractivity contribution is 9.10. The summed E-state index contributed by atoms with van der Waals surface area (Å²) < 4.78 is 6.26. The predicted octanol–water partition coefficient (Wildman–Crippen LogP) is 3.35. The Balaban J connectivity index is 1.48. The first-order chi connectivity index (χ1) is 11.6. The molecular formula is C18H19BrN2O3. The summed E-state index contributed by atoms with van der Waals surface area (Å²) in [6.45, 7) is 0.826. The number of nitrogens with zero attached hydrogens (tertiary/aromatic N) is 1. The number of benzene rings is 1. The van der Waals surface area contributed by atoms with Crippen molar-refractivity contribution in [2.75, 3.05) is 6.54 Å². The number of nitrogens with one attached hydrogen (secondary N) is 1. The smallest absolute Gasteiger partial charge is 0.251 e. The van der Waals surface area contributed by atoms with E-state index in [0.29, 0.717) is 31.1 Å². The lowest BCUT2D eigenvalue weighted by Gasteiger charge is -2.21. The van der Waals surface area contributed by atoms with Crippen molar-refractivity contribution in [3.05, 3.63) is 58.5 Å².